The molecule has 0 aliphatic rings. The Hall–Kier alpha value is -3.88. The first-order valence-electron chi connectivity index (χ1n) is 9.65. The number of anilines is 1. The Morgan fingerprint density at radius 2 is 1.81 bits per heavy atom. The van der Waals surface area contributed by atoms with Crippen molar-refractivity contribution in [3.05, 3.63) is 54.1 Å². The molecule has 2 aromatic rings. The number of nitrogens with zero attached hydrogens (tertiary/aromatic N) is 1. The van der Waals surface area contributed by atoms with Crippen molar-refractivity contribution >= 4 is 29.7 Å². The number of benzene rings is 2. The predicted octanol–water partition coefficient (Wildman–Crippen LogP) is 2.51. The fourth-order valence-corrected chi connectivity index (χ4v) is 2.45. The third-order valence-corrected chi connectivity index (χ3v) is 3.88. The van der Waals surface area contributed by atoms with Crippen molar-refractivity contribution in [3.63, 3.8) is 0 Å². The highest BCUT2D eigenvalue weighted by molar-refractivity contribution is 5.94. The van der Waals surface area contributed by atoms with Gasteiger partial charge in [-0.3, -0.25) is 9.59 Å². The quantitative estimate of drug-likeness (QED) is 0.323. The van der Waals surface area contributed by atoms with Crippen molar-refractivity contribution in [1.82, 2.24) is 5.43 Å². The minimum absolute atomic E-state index is 0.00339. The van der Waals surface area contributed by atoms with Crippen molar-refractivity contribution in [2.45, 2.75) is 19.8 Å². The number of rotatable bonds is 11. The second-order valence-corrected chi connectivity index (χ2v) is 6.21. The molecular weight excluding hydrogens is 402 g/mol. The molecule has 0 spiro atoms. The van der Waals surface area contributed by atoms with Crippen molar-refractivity contribution in [2.75, 3.05) is 25.6 Å². The lowest BCUT2D eigenvalue weighted by Crippen LogP contribution is -2.20. The SMILES string of the molecule is CCOC(=O)COc1cccc(C=NNC(=O)CCC(=O)Nc2ccccc2OC)c1. The fraction of sp³-hybridized carbons (Fsp3) is 0.273. The van der Waals surface area contributed by atoms with Crippen LogP contribution in [0.2, 0.25) is 0 Å². The first-order chi connectivity index (χ1) is 15.0. The highest BCUT2D eigenvalue weighted by atomic mass is 16.6. The van der Waals surface area contributed by atoms with Gasteiger partial charge in [0.05, 0.1) is 25.6 Å². The summed E-state index contributed by atoms with van der Waals surface area (Å²) < 4.78 is 15.3. The third kappa shape index (κ3) is 8.57. The summed E-state index contributed by atoms with van der Waals surface area (Å²) in [5.74, 6) is -0.158. The molecule has 0 saturated carbocycles. The number of carbonyl (C=O) groups is 3. The summed E-state index contributed by atoms with van der Waals surface area (Å²) in [7, 11) is 1.51. The van der Waals surface area contributed by atoms with Crippen LogP contribution in [0, 0.1) is 0 Å². The molecule has 0 fully saturated rings. The van der Waals surface area contributed by atoms with E-state index in [-0.39, 0.29) is 32.0 Å². The molecule has 0 saturated heterocycles. The molecule has 2 aromatic carbocycles. The summed E-state index contributed by atoms with van der Waals surface area (Å²) in [5, 5.41) is 6.58. The number of esters is 1. The molecule has 0 heterocycles. The summed E-state index contributed by atoms with van der Waals surface area (Å²) in [5.41, 5.74) is 3.57. The lowest BCUT2D eigenvalue weighted by molar-refractivity contribution is -0.145. The summed E-state index contributed by atoms with van der Waals surface area (Å²) in [6, 6.07) is 13.8. The first kappa shape index (κ1) is 23.4. The van der Waals surface area contributed by atoms with Crippen LogP contribution in [0.4, 0.5) is 5.69 Å². The van der Waals surface area contributed by atoms with Crippen LogP contribution < -0.4 is 20.2 Å². The number of nitrogens with one attached hydrogen (secondary N) is 2. The Morgan fingerprint density at radius 3 is 2.58 bits per heavy atom. The Kier molecular flexibility index (Phi) is 9.54. The minimum Gasteiger partial charge on any atom is -0.495 e. The zero-order valence-corrected chi connectivity index (χ0v) is 17.4. The number of hydrogen-bond donors (Lipinski definition) is 2. The number of hydrazone groups is 1. The van der Waals surface area contributed by atoms with E-state index in [1.54, 1.807) is 55.5 Å². The van der Waals surface area contributed by atoms with E-state index in [1.165, 1.54) is 13.3 Å². The van der Waals surface area contributed by atoms with Crippen LogP contribution in [0.25, 0.3) is 0 Å². The van der Waals surface area contributed by atoms with Crippen LogP contribution in [0.1, 0.15) is 25.3 Å². The molecule has 164 valence electrons. The van der Waals surface area contributed by atoms with Gasteiger partial charge in [0.15, 0.2) is 6.61 Å². The first-order valence-corrected chi connectivity index (χ1v) is 9.65. The maximum absolute atomic E-state index is 12.0. The van der Waals surface area contributed by atoms with Gasteiger partial charge in [0, 0.05) is 12.8 Å². The fourth-order valence-electron chi connectivity index (χ4n) is 2.45. The zero-order valence-electron chi connectivity index (χ0n) is 17.4. The molecule has 0 aromatic heterocycles. The second-order valence-electron chi connectivity index (χ2n) is 6.21. The topological polar surface area (TPSA) is 115 Å². The van der Waals surface area contributed by atoms with E-state index in [1.807, 2.05) is 0 Å². The molecule has 0 unspecified atom stereocenters. The van der Waals surface area contributed by atoms with Crippen LogP contribution >= 0.6 is 0 Å². The zero-order chi connectivity index (χ0) is 22.5. The normalized spacial score (nSPS) is 10.4. The molecule has 0 radical (unpaired) electrons. The van der Waals surface area contributed by atoms with Crippen molar-refractivity contribution in [2.24, 2.45) is 5.10 Å². The number of ether oxygens (including phenoxy) is 3. The van der Waals surface area contributed by atoms with Gasteiger partial charge in [-0.25, -0.2) is 10.2 Å². The minimum atomic E-state index is -0.455. The highest BCUT2D eigenvalue weighted by Gasteiger charge is 2.09. The van der Waals surface area contributed by atoms with Gasteiger partial charge in [-0.2, -0.15) is 5.10 Å². The van der Waals surface area contributed by atoms with Crippen LogP contribution in [0.5, 0.6) is 11.5 Å². The molecule has 9 heteroatoms. The maximum atomic E-state index is 12.0. The monoisotopic (exact) mass is 427 g/mol. The summed E-state index contributed by atoms with van der Waals surface area (Å²) in [4.78, 5) is 35.3. The number of carbonyl (C=O) groups excluding carboxylic acids is 3. The molecule has 31 heavy (non-hydrogen) atoms. The molecule has 2 rings (SSSR count). The average Bonchev–Trinajstić information content (AvgIpc) is 2.77. The summed E-state index contributed by atoms with van der Waals surface area (Å²) in [6.07, 6.45) is 1.40. The Morgan fingerprint density at radius 1 is 1.03 bits per heavy atom. The molecule has 0 aliphatic heterocycles. The van der Waals surface area contributed by atoms with E-state index in [0.29, 0.717) is 22.7 Å². The van der Waals surface area contributed by atoms with Crippen LogP contribution in [-0.2, 0) is 19.1 Å². The van der Waals surface area contributed by atoms with E-state index >= 15 is 0 Å². The Balaban J connectivity index is 1.76. The number of hydrogen-bond acceptors (Lipinski definition) is 7. The van der Waals surface area contributed by atoms with Gasteiger partial charge in [-0.1, -0.05) is 24.3 Å². The smallest absolute Gasteiger partial charge is 0.344 e. The van der Waals surface area contributed by atoms with Gasteiger partial charge < -0.3 is 19.5 Å². The Labute approximate surface area is 180 Å². The van der Waals surface area contributed by atoms with E-state index in [4.69, 9.17) is 14.2 Å². The maximum Gasteiger partial charge on any atom is 0.344 e. The van der Waals surface area contributed by atoms with Gasteiger partial charge in [-0.05, 0) is 36.8 Å². The second kappa shape index (κ2) is 12.6. The van der Waals surface area contributed by atoms with Gasteiger partial charge in [0.25, 0.3) is 0 Å². The van der Waals surface area contributed by atoms with E-state index in [2.05, 4.69) is 15.8 Å². The molecule has 2 N–H and O–H groups in total. The van der Waals surface area contributed by atoms with E-state index in [9.17, 15) is 14.4 Å². The predicted molar refractivity (Wildman–Crippen MR) is 115 cm³/mol. The molecule has 0 bridgehead atoms. The average molecular weight is 427 g/mol. The van der Waals surface area contributed by atoms with Gasteiger partial charge in [0.2, 0.25) is 11.8 Å². The lowest BCUT2D eigenvalue weighted by Gasteiger charge is -2.09. The van der Waals surface area contributed by atoms with Crippen LogP contribution in [0.3, 0.4) is 0 Å². The van der Waals surface area contributed by atoms with E-state index in [0.717, 1.165) is 0 Å². The molecular formula is C22H25N3O6. The van der Waals surface area contributed by atoms with Crippen molar-refractivity contribution in [1.29, 1.82) is 0 Å². The number of para-hydroxylation sites is 2. The largest absolute Gasteiger partial charge is 0.495 e. The molecule has 9 nitrogen and oxygen atoms in total. The Bertz CT molecular complexity index is 929. The summed E-state index contributed by atoms with van der Waals surface area (Å²) >= 11 is 0. The lowest BCUT2D eigenvalue weighted by atomic mass is 10.2. The molecule has 0 aliphatic carbocycles. The van der Waals surface area contributed by atoms with Gasteiger partial charge in [-0.15, -0.1) is 0 Å². The van der Waals surface area contributed by atoms with Crippen LogP contribution in [-0.4, -0.2) is 44.3 Å². The summed E-state index contributed by atoms with van der Waals surface area (Å²) in [6.45, 7) is 1.81. The third-order valence-electron chi connectivity index (χ3n) is 3.88. The standard InChI is InChI=1S/C22H25N3O6/c1-3-30-22(28)15-31-17-8-6-7-16(13-17)14-23-25-21(27)12-11-20(26)24-18-9-4-5-10-19(18)29-2/h4-10,13-14H,3,11-12,15H2,1-2H3,(H,24,26)(H,25,27). The van der Waals surface area contributed by atoms with Crippen molar-refractivity contribution in [3.8, 4) is 11.5 Å². The highest BCUT2D eigenvalue weighted by Crippen LogP contribution is 2.23. The molecule has 2 amide bonds. The van der Waals surface area contributed by atoms with Crippen molar-refractivity contribution < 1.29 is 28.6 Å². The number of amides is 2. The molecule has 0 atom stereocenters. The van der Waals surface area contributed by atoms with E-state index < -0.39 is 11.9 Å². The van der Waals surface area contributed by atoms with Gasteiger partial charge >= 0.3 is 5.97 Å². The van der Waals surface area contributed by atoms with Gasteiger partial charge in [0.1, 0.15) is 11.5 Å². The number of methoxy groups -OCH3 is 1. The van der Waals surface area contributed by atoms with Crippen LogP contribution in [0.15, 0.2) is 53.6 Å².